The van der Waals surface area contributed by atoms with Gasteiger partial charge in [-0.1, -0.05) is 19.1 Å². The van der Waals surface area contributed by atoms with Crippen LogP contribution in [0.1, 0.15) is 31.7 Å². The van der Waals surface area contributed by atoms with Crippen molar-refractivity contribution in [3.05, 3.63) is 29.8 Å². The zero-order valence-corrected chi connectivity index (χ0v) is 11.6. The number of carboxylic acid groups (broad SMARTS) is 1. The molecule has 0 bridgehead atoms. The topological polar surface area (TPSA) is 46.5 Å². The molecule has 0 heterocycles. The minimum atomic E-state index is -0.639. The van der Waals surface area contributed by atoms with E-state index in [0.717, 1.165) is 31.4 Å². The van der Waals surface area contributed by atoms with E-state index in [2.05, 4.69) is 13.0 Å². The van der Waals surface area contributed by atoms with E-state index in [4.69, 9.17) is 4.74 Å². The summed E-state index contributed by atoms with van der Waals surface area (Å²) in [5.74, 6) is 0.884. The molecule has 1 aromatic carbocycles. The van der Waals surface area contributed by atoms with Crippen molar-refractivity contribution in [3.63, 3.8) is 0 Å². The van der Waals surface area contributed by atoms with E-state index in [1.165, 1.54) is 5.56 Å². The van der Waals surface area contributed by atoms with Crippen molar-refractivity contribution in [2.75, 3.05) is 7.11 Å². The predicted octanol–water partition coefficient (Wildman–Crippen LogP) is 3.37. The van der Waals surface area contributed by atoms with Gasteiger partial charge in [-0.05, 0) is 55.2 Å². The normalized spacial score (nSPS) is 26.9. The number of rotatable bonds is 4. The Morgan fingerprint density at radius 1 is 1.42 bits per heavy atom. The molecule has 0 aliphatic heterocycles. The number of hydrogen-bond donors (Lipinski definition) is 1. The van der Waals surface area contributed by atoms with E-state index < -0.39 is 5.97 Å². The second-order valence-electron chi connectivity index (χ2n) is 5.68. The molecule has 0 spiro atoms. The van der Waals surface area contributed by atoms with Crippen LogP contribution in [0.3, 0.4) is 0 Å². The maximum absolute atomic E-state index is 11.4. The van der Waals surface area contributed by atoms with Crippen molar-refractivity contribution in [2.24, 2.45) is 17.8 Å². The van der Waals surface area contributed by atoms with Crippen LogP contribution in [0, 0.1) is 17.8 Å². The number of hydrogen-bond acceptors (Lipinski definition) is 2. The SMILES string of the molecule is COc1cccc(CC2CC(C)CCC2C(=O)O)c1. The predicted molar refractivity (Wildman–Crippen MR) is 74.3 cm³/mol. The minimum absolute atomic E-state index is 0.192. The first-order valence-corrected chi connectivity index (χ1v) is 6.96. The van der Waals surface area contributed by atoms with Gasteiger partial charge in [-0.15, -0.1) is 0 Å². The Balaban J connectivity index is 2.11. The van der Waals surface area contributed by atoms with Crippen LogP contribution in [0.25, 0.3) is 0 Å². The quantitative estimate of drug-likeness (QED) is 0.905. The lowest BCUT2D eigenvalue weighted by Gasteiger charge is -2.32. The van der Waals surface area contributed by atoms with Gasteiger partial charge in [0.25, 0.3) is 0 Å². The van der Waals surface area contributed by atoms with Crippen LogP contribution in [0.5, 0.6) is 5.75 Å². The highest BCUT2D eigenvalue weighted by molar-refractivity contribution is 5.70. The molecule has 3 nitrogen and oxygen atoms in total. The van der Waals surface area contributed by atoms with Gasteiger partial charge in [-0.2, -0.15) is 0 Å². The first-order valence-electron chi connectivity index (χ1n) is 6.96. The van der Waals surface area contributed by atoms with Gasteiger partial charge < -0.3 is 9.84 Å². The van der Waals surface area contributed by atoms with Crippen LogP contribution in [-0.4, -0.2) is 18.2 Å². The molecular formula is C16H22O3. The van der Waals surface area contributed by atoms with Crippen molar-refractivity contribution in [3.8, 4) is 5.75 Å². The number of carboxylic acids is 1. The maximum atomic E-state index is 11.4. The van der Waals surface area contributed by atoms with Crippen LogP contribution in [0.2, 0.25) is 0 Å². The summed E-state index contributed by atoms with van der Waals surface area (Å²) in [6, 6.07) is 7.96. The van der Waals surface area contributed by atoms with Crippen LogP contribution in [0.4, 0.5) is 0 Å². The lowest BCUT2D eigenvalue weighted by Crippen LogP contribution is -2.31. The molecule has 104 valence electrons. The Labute approximate surface area is 114 Å². The summed E-state index contributed by atoms with van der Waals surface area (Å²) in [7, 11) is 1.65. The zero-order chi connectivity index (χ0) is 13.8. The van der Waals surface area contributed by atoms with Gasteiger partial charge >= 0.3 is 5.97 Å². The van der Waals surface area contributed by atoms with E-state index in [1.807, 2.05) is 18.2 Å². The highest BCUT2D eigenvalue weighted by Gasteiger charge is 2.33. The van der Waals surface area contributed by atoms with Gasteiger partial charge in [0.1, 0.15) is 5.75 Å². The lowest BCUT2D eigenvalue weighted by molar-refractivity contribution is -0.145. The Morgan fingerprint density at radius 2 is 2.21 bits per heavy atom. The fraction of sp³-hybridized carbons (Fsp3) is 0.562. The average Bonchev–Trinajstić information content (AvgIpc) is 2.38. The molecule has 1 aromatic rings. The summed E-state index contributed by atoms with van der Waals surface area (Å²) in [6.07, 6.45) is 3.68. The third-order valence-corrected chi connectivity index (χ3v) is 4.19. The molecule has 1 saturated carbocycles. The molecule has 3 heteroatoms. The molecule has 1 N–H and O–H groups in total. The number of methoxy groups -OCH3 is 1. The molecule has 0 saturated heterocycles. The Morgan fingerprint density at radius 3 is 2.89 bits per heavy atom. The van der Waals surface area contributed by atoms with Crippen molar-refractivity contribution < 1.29 is 14.6 Å². The average molecular weight is 262 g/mol. The van der Waals surface area contributed by atoms with E-state index >= 15 is 0 Å². The lowest BCUT2D eigenvalue weighted by atomic mass is 9.72. The van der Waals surface area contributed by atoms with Gasteiger partial charge in [0.05, 0.1) is 13.0 Å². The second-order valence-corrected chi connectivity index (χ2v) is 5.68. The maximum Gasteiger partial charge on any atom is 0.306 e. The second kappa shape index (κ2) is 6.09. The van der Waals surface area contributed by atoms with Crippen LogP contribution < -0.4 is 4.74 Å². The van der Waals surface area contributed by atoms with Crippen LogP contribution in [-0.2, 0) is 11.2 Å². The molecule has 1 aliphatic rings. The van der Waals surface area contributed by atoms with Crippen molar-refractivity contribution in [1.29, 1.82) is 0 Å². The summed E-state index contributed by atoms with van der Waals surface area (Å²) in [6.45, 7) is 2.22. The third kappa shape index (κ3) is 3.49. The Bertz CT molecular complexity index is 441. The van der Waals surface area contributed by atoms with Crippen molar-refractivity contribution in [1.82, 2.24) is 0 Å². The monoisotopic (exact) mass is 262 g/mol. The fourth-order valence-corrected chi connectivity index (χ4v) is 3.15. The zero-order valence-electron chi connectivity index (χ0n) is 11.6. The Kier molecular flexibility index (Phi) is 4.46. The summed E-state index contributed by atoms with van der Waals surface area (Å²) in [5, 5.41) is 9.35. The minimum Gasteiger partial charge on any atom is -0.497 e. The summed E-state index contributed by atoms with van der Waals surface area (Å²) in [4.78, 5) is 11.4. The number of aliphatic carboxylic acids is 1. The van der Waals surface area contributed by atoms with Gasteiger partial charge in [-0.3, -0.25) is 4.79 Å². The number of ether oxygens (including phenoxy) is 1. The highest BCUT2D eigenvalue weighted by Crippen LogP contribution is 2.36. The van der Waals surface area contributed by atoms with Crippen molar-refractivity contribution in [2.45, 2.75) is 32.6 Å². The molecule has 2 rings (SSSR count). The molecule has 3 unspecified atom stereocenters. The van der Waals surface area contributed by atoms with Crippen LogP contribution >= 0.6 is 0 Å². The third-order valence-electron chi connectivity index (χ3n) is 4.19. The van der Waals surface area contributed by atoms with E-state index in [0.29, 0.717) is 5.92 Å². The fourth-order valence-electron chi connectivity index (χ4n) is 3.15. The first kappa shape index (κ1) is 13.9. The van der Waals surface area contributed by atoms with E-state index in [-0.39, 0.29) is 11.8 Å². The van der Waals surface area contributed by atoms with Gasteiger partial charge in [0, 0.05) is 0 Å². The summed E-state index contributed by atoms with van der Waals surface area (Å²) < 4.78 is 5.22. The summed E-state index contributed by atoms with van der Waals surface area (Å²) >= 11 is 0. The molecule has 1 fully saturated rings. The molecule has 0 radical (unpaired) electrons. The van der Waals surface area contributed by atoms with Gasteiger partial charge in [-0.25, -0.2) is 0 Å². The van der Waals surface area contributed by atoms with E-state index in [9.17, 15) is 9.90 Å². The molecule has 0 amide bonds. The Hall–Kier alpha value is -1.51. The molecule has 0 aromatic heterocycles. The smallest absolute Gasteiger partial charge is 0.306 e. The standard InChI is InChI=1S/C16H22O3/c1-11-6-7-15(16(17)18)13(8-11)9-12-4-3-5-14(10-12)19-2/h3-5,10-11,13,15H,6-9H2,1-2H3,(H,17,18). The molecule has 1 aliphatic carbocycles. The van der Waals surface area contributed by atoms with Crippen LogP contribution in [0.15, 0.2) is 24.3 Å². The van der Waals surface area contributed by atoms with Crippen molar-refractivity contribution >= 4 is 5.97 Å². The number of benzene rings is 1. The molecular weight excluding hydrogens is 240 g/mol. The molecule has 3 atom stereocenters. The van der Waals surface area contributed by atoms with Gasteiger partial charge in [0.2, 0.25) is 0 Å². The van der Waals surface area contributed by atoms with Gasteiger partial charge in [0.15, 0.2) is 0 Å². The summed E-state index contributed by atoms with van der Waals surface area (Å²) in [5.41, 5.74) is 1.17. The van der Waals surface area contributed by atoms with E-state index in [1.54, 1.807) is 7.11 Å². The molecule has 19 heavy (non-hydrogen) atoms. The highest BCUT2D eigenvalue weighted by atomic mass is 16.5. The largest absolute Gasteiger partial charge is 0.497 e. The number of carbonyl (C=O) groups is 1. The first-order chi connectivity index (χ1) is 9.10.